The van der Waals surface area contributed by atoms with E-state index in [0.29, 0.717) is 0 Å². The molecule has 284 valence electrons. The zero-order chi connectivity index (χ0) is 40.0. The van der Waals surface area contributed by atoms with Gasteiger partial charge in [0, 0.05) is 49.4 Å². The monoisotopic (exact) mass is 775 g/mol. The Morgan fingerprint density at radius 3 is 1.30 bits per heavy atom. The number of nitrogens with zero attached hydrogens (tertiary/aromatic N) is 3. The molecule has 0 aliphatic heterocycles. The maximum atomic E-state index is 2.47. The van der Waals surface area contributed by atoms with Crippen molar-refractivity contribution < 1.29 is 0 Å². The summed E-state index contributed by atoms with van der Waals surface area (Å²) in [6, 6.07) is 82.3. The van der Waals surface area contributed by atoms with Gasteiger partial charge in [0.1, 0.15) is 0 Å². The molecule has 0 amide bonds. The molecule has 3 heteroatoms. The summed E-state index contributed by atoms with van der Waals surface area (Å²) in [5, 5.41) is 9.94. The lowest BCUT2D eigenvalue weighted by atomic mass is 10.00. The van der Waals surface area contributed by atoms with E-state index in [1.807, 2.05) is 0 Å². The molecule has 0 fully saturated rings. The third-order valence-electron chi connectivity index (χ3n) is 12.8. The van der Waals surface area contributed by atoms with E-state index >= 15 is 0 Å². The highest BCUT2D eigenvalue weighted by molar-refractivity contribution is 6.20. The van der Waals surface area contributed by atoms with E-state index in [-0.39, 0.29) is 0 Å². The molecule has 0 N–H and O–H groups in total. The predicted octanol–water partition coefficient (Wildman–Crippen LogP) is 15.5. The number of aromatic nitrogens is 3. The third kappa shape index (κ3) is 5.17. The van der Waals surface area contributed by atoms with Crippen LogP contribution in [0, 0.1) is 0 Å². The molecule has 3 nitrogen and oxygen atoms in total. The number of para-hydroxylation sites is 3. The van der Waals surface area contributed by atoms with Crippen LogP contribution >= 0.6 is 0 Å². The fraction of sp³-hybridized carbons (Fsp3) is 0. The van der Waals surface area contributed by atoms with Crippen LogP contribution in [0.25, 0.3) is 116 Å². The van der Waals surface area contributed by atoms with Gasteiger partial charge in [0.25, 0.3) is 0 Å². The molecular formula is C58H37N3. The minimum absolute atomic E-state index is 1.15. The van der Waals surface area contributed by atoms with Gasteiger partial charge >= 0.3 is 0 Å². The molecule has 0 aliphatic carbocycles. The van der Waals surface area contributed by atoms with Crippen LogP contribution in [0.15, 0.2) is 224 Å². The second-order valence-electron chi connectivity index (χ2n) is 16.2. The lowest BCUT2D eigenvalue weighted by molar-refractivity contribution is 1.17. The average Bonchev–Trinajstić information content (AvgIpc) is 3.96. The van der Waals surface area contributed by atoms with Crippen molar-refractivity contribution in [3.8, 4) is 39.3 Å². The van der Waals surface area contributed by atoms with Gasteiger partial charge in [-0.2, -0.15) is 0 Å². The molecule has 0 bridgehead atoms. The molecule has 0 atom stereocenters. The quantitative estimate of drug-likeness (QED) is 0.165. The second-order valence-corrected chi connectivity index (χ2v) is 16.2. The summed E-state index contributed by atoms with van der Waals surface area (Å²) in [6.07, 6.45) is 0. The number of benzene rings is 10. The van der Waals surface area contributed by atoms with E-state index in [0.717, 1.165) is 17.1 Å². The zero-order valence-electron chi connectivity index (χ0n) is 33.2. The van der Waals surface area contributed by atoms with Crippen molar-refractivity contribution in [2.75, 3.05) is 0 Å². The topological polar surface area (TPSA) is 14.8 Å². The van der Waals surface area contributed by atoms with Crippen molar-refractivity contribution in [3.05, 3.63) is 224 Å². The van der Waals surface area contributed by atoms with Crippen LogP contribution in [0.4, 0.5) is 0 Å². The summed E-state index contributed by atoms with van der Waals surface area (Å²) in [5.74, 6) is 0. The van der Waals surface area contributed by atoms with E-state index in [9.17, 15) is 0 Å². The Balaban J connectivity index is 1.03. The molecule has 10 aromatic carbocycles. The average molecular weight is 776 g/mol. The van der Waals surface area contributed by atoms with Gasteiger partial charge in [0.05, 0.1) is 33.1 Å². The summed E-state index contributed by atoms with van der Waals surface area (Å²) >= 11 is 0. The first-order chi connectivity index (χ1) is 30.2. The van der Waals surface area contributed by atoms with E-state index in [4.69, 9.17) is 0 Å². The fourth-order valence-corrected chi connectivity index (χ4v) is 9.97. The van der Waals surface area contributed by atoms with Crippen molar-refractivity contribution in [1.82, 2.24) is 13.7 Å². The fourth-order valence-electron chi connectivity index (χ4n) is 9.97. The van der Waals surface area contributed by atoms with Crippen LogP contribution in [0.2, 0.25) is 0 Å². The number of hydrogen-bond acceptors (Lipinski definition) is 0. The van der Waals surface area contributed by atoms with E-state index in [1.54, 1.807) is 0 Å². The summed E-state index contributed by atoms with van der Waals surface area (Å²) < 4.78 is 7.29. The Hall–Kier alpha value is -8.14. The highest BCUT2D eigenvalue weighted by Crippen LogP contribution is 2.42. The highest BCUT2D eigenvalue weighted by atomic mass is 15.0. The first kappa shape index (κ1) is 33.8. The molecule has 3 heterocycles. The van der Waals surface area contributed by atoms with Crippen LogP contribution in [0.3, 0.4) is 0 Å². The van der Waals surface area contributed by atoms with Gasteiger partial charge in [0.2, 0.25) is 0 Å². The Labute approximate surface area is 352 Å². The van der Waals surface area contributed by atoms with E-state index < -0.39 is 0 Å². The highest BCUT2D eigenvalue weighted by Gasteiger charge is 2.20. The Kier molecular flexibility index (Phi) is 7.31. The molecule has 3 aromatic heterocycles. The van der Waals surface area contributed by atoms with Crippen molar-refractivity contribution >= 4 is 76.2 Å². The van der Waals surface area contributed by atoms with Crippen molar-refractivity contribution in [2.24, 2.45) is 0 Å². The summed E-state index contributed by atoms with van der Waals surface area (Å²) in [7, 11) is 0. The first-order valence-corrected chi connectivity index (χ1v) is 21.0. The van der Waals surface area contributed by atoms with E-state index in [2.05, 4.69) is 238 Å². The predicted molar refractivity (Wildman–Crippen MR) is 258 cm³/mol. The lowest BCUT2D eigenvalue weighted by Gasteiger charge is -2.11. The molecule has 0 spiro atoms. The SMILES string of the molecule is c1ccc(-c2ccc(-n3c4ccccc4c4cc(-c5ccc6c(c5)c5cc7c8ccccc8n(-c8ccccc8)c7cc5n6-c5ccc6ccccc6c5)ccc43)cc2)cc1. The van der Waals surface area contributed by atoms with Gasteiger partial charge in [-0.05, 0) is 118 Å². The van der Waals surface area contributed by atoms with Gasteiger partial charge in [0.15, 0.2) is 0 Å². The molecule has 0 radical (unpaired) electrons. The van der Waals surface area contributed by atoms with Crippen LogP contribution in [0.1, 0.15) is 0 Å². The molecule has 0 saturated heterocycles. The van der Waals surface area contributed by atoms with Gasteiger partial charge in [-0.3, -0.25) is 0 Å². The van der Waals surface area contributed by atoms with Crippen molar-refractivity contribution in [3.63, 3.8) is 0 Å². The summed E-state index contributed by atoms with van der Waals surface area (Å²) in [4.78, 5) is 0. The smallest absolute Gasteiger partial charge is 0.0562 e. The van der Waals surface area contributed by atoms with E-state index in [1.165, 1.54) is 98.4 Å². The van der Waals surface area contributed by atoms with Crippen LogP contribution in [-0.4, -0.2) is 13.7 Å². The molecule has 13 rings (SSSR count). The van der Waals surface area contributed by atoms with Crippen LogP contribution < -0.4 is 0 Å². The molecule has 61 heavy (non-hydrogen) atoms. The van der Waals surface area contributed by atoms with Gasteiger partial charge in [-0.15, -0.1) is 0 Å². The number of rotatable bonds is 5. The van der Waals surface area contributed by atoms with Gasteiger partial charge in [-0.25, -0.2) is 0 Å². The van der Waals surface area contributed by atoms with Crippen LogP contribution in [-0.2, 0) is 0 Å². The minimum atomic E-state index is 1.15. The largest absolute Gasteiger partial charge is 0.309 e. The van der Waals surface area contributed by atoms with Crippen molar-refractivity contribution in [1.29, 1.82) is 0 Å². The Morgan fingerprint density at radius 1 is 0.197 bits per heavy atom. The number of hydrogen-bond donors (Lipinski definition) is 0. The zero-order valence-corrected chi connectivity index (χ0v) is 33.2. The molecular weight excluding hydrogens is 739 g/mol. The first-order valence-electron chi connectivity index (χ1n) is 21.0. The molecule has 0 aliphatic rings. The third-order valence-corrected chi connectivity index (χ3v) is 12.8. The van der Waals surface area contributed by atoms with Gasteiger partial charge in [-0.1, -0.05) is 140 Å². The van der Waals surface area contributed by atoms with Crippen LogP contribution in [0.5, 0.6) is 0 Å². The second kappa shape index (κ2) is 13.2. The lowest BCUT2D eigenvalue weighted by Crippen LogP contribution is -1.96. The summed E-state index contributed by atoms with van der Waals surface area (Å²) in [6.45, 7) is 0. The summed E-state index contributed by atoms with van der Waals surface area (Å²) in [5.41, 5.74) is 15.5. The Morgan fingerprint density at radius 2 is 0.623 bits per heavy atom. The normalized spacial score (nSPS) is 11.9. The molecule has 13 aromatic rings. The maximum absolute atomic E-state index is 2.47. The minimum Gasteiger partial charge on any atom is -0.309 e. The standard InChI is InChI=1S/C58H37N3/c1-3-13-38(14-4-1)40-23-28-45(29-24-40)59-53-21-11-9-19-47(53)49-34-42(26-31-55(49)59)43-27-32-56-50(35-43)52-36-51-48-20-10-12-22-54(48)60(44-17-5-2-6-18-44)57(51)37-58(52)61(56)46-30-25-39-15-7-8-16-41(39)33-46/h1-37H. The maximum Gasteiger partial charge on any atom is 0.0562 e. The number of fused-ring (bicyclic) bond motifs is 10. The van der Waals surface area contributed by atoms with Crippen molar-refractivity contribution in [2.45, 2.75) is 0 Å². The van der Waals surface area contributed by atoms with Gasteiger partial charge < -0.3 is 13.7 Å². The Bertz CT molecular complexity index is 3850. The molecule has 0 unspecified atom stereocenters. The molecule has 0 saturated carbocycles.